The number of rotatable bonds is 5. The second-order valence-corrected chi connectivity index (χ2v) is 5.59. The van der Waals surface area contributed by atoms with Crippen molar-refractivity contribution in [3.63, 3.8) is 0 Å². The standard InChI is InChI=1S/C18H16ClN3O2/c1-24-17-8-7-14(19)9-16(17)18(23)20-10-13-11-21-22(12-13)15-5-3-2-4-6-15/h2-9,11-12H,10H2,1H3,(H,20,23). The van der Waals surface area contributed by atoms with Crippen LogP contribution in [0.5, 0.6) is 5.75 Å². The van der Waals surface area contributed by atoms with Gasteiger partial charge in [0.05, 0.1) is 24.6 Å². The van der Waals surface area contributed by atoms with Crippen molar-refractivity contribution in [3.8, 4) is 11.4 Å². The first-order valence-electron chi connectivity index (χ1n) is 7.38. The molecule has 3 aromatic rings. The molecule has 0 fully saturated rings. The van der Waals surface area contributed by atoms with E-state index in [9.17, 15) is 4.79 Å². The first kappa shape index (κ1) is 16.1. The number of methoxy groups -OCH3 is 1. The van der Waals surface area contributed by atoms with Crippen LogP contribution in [-0.4, -0.2) is 22.8 Å². The number of nitrogens with one attached hydrogen (secondary N) is 1. The average molecular weight is 342 g/mol. The fraction of sp³-hybridized carbons (Fsp3) is 0.111. The molecule has 1 N–H and O–H groups in total. The van der Waals surface area contributed by atoms with Crippen molar-refractivity contribution in [3.05, 3.63) is 77.1 Å². The third kappa shape index (κ3) is 3.58. The highest BCUT2D eigenvalue weighted by Crippen LogP contribution is 2.22. The van der Waals surface area contributed by atoms with Crippen molar-refractivity contribution in [2.45, 2.75) is 6.54 Å². The molecule has 2 aromatic carbocycles. The summed E-state index contributed by atoms with van der Waals surface area (Å²) in [4.78, 5) is 12.3. The smallest absolute Gasteiger partial charge is 0.255 e. The zero-order chi connectivity index (χ0) is 16.9. The van der Waals surface area contributed by atoms with E-state index in [1.807, 2.05) is 36.5 Å². The SMILES string of the molecule is COc1ccc(Cl)cc1C(=O)NCc1cnn(-c2ccccc2)c1. The molecule has 0 aliphatic rings. The number of nitrogens with zero attached hydrogens (tertiary/aromatic N) is 2. The third-order valence-corrected chi connectivity index (χ3v) is 3.75. The number of amides is 1. The quantitative estimate of drug-likeness (QED) is 0.773. The zero-order valence-electron chi connectivity index (χ0n) is 13.1. The van der Waals surface area contributed by atoms with Gasteiger partial charge in [0, 0.05) is 23.3 Å². The molecule has 0 saturated heterocycles. The molecule has 1 amide bonds. The fourth-order valence-electron chi connectivity index (χ4n) is 2.31. The molecule has 3 rings (SSSR count). The van der Waals surface area contributed by atoms with Gasteiger partial charge in [-0.1, -0.05) is 29.8 Å². The molecule has 122 valence electrons. The number of carbonyl (C=O) groups is 1. The van der Waals surface area contributed by atoms with Gasteiger partial charge in [0.2, 0.25) is 0 Å². The Hall–Kier alpha value is -2.79. The molecule has 0 radical (unpaired) electrons. The molecule has 6 heteroatoms. The number of hydrogen-bond acceptors (Lipinski definition) is 3. The van der Waals surface area contributed by atoms with Gasteiger partial charge in [-0.05, 0) is 30.3 Å². The summed E-state index contributed by atoms with van der Waals surface area (Å²) < 4.78 is 6.96. The van der Waals surface area contributed by atoms with Crippen LogP contribution in [0.3, 0.4) is 0 Å². The maximum atomic E-state index is 12.3. The van der Waals surface area contributed by atoms with E-state index in [-0.39, 0.29) is 5.91 Å². The average Bonchev–Trinajstić information content (AvgIpc) is 3.09. The predicted octanol–water partition coefficient (Wildman–Crippen LogP) is 3.46. The third-order valence-electron chi connectivity index (χ3n) is 3.52. The van der Waals surface area contributed by atoms with E-state index in [1.165, 1.54) is 7.11 Å². The number of benzene rings is 2. The summed E-state index contributed by atoms with van der Waals surface area (Å²) in [5.41, 5.74) is 2.26. The Bertz CT molecular complexity index is 846. The normalized spacial score (nSPS) is 10.4. The lowest BCUT2D eigenvalue weighted by atomic mass is 10.2. The van der Waals surface area contributed by atoms with Gasteiger partial charge in [-0.25, -0.2) is 4.68 Å². The molecule has 1 heterocycles. The summed E-state index contributed by atoms with van der Waals surface area (Å²) in [6.45, 7) is 0.362. The Balaban J connectivity index is 1.69. The van der Waals surface area contributed by atoms with E-state index in [1.54, 1.807) is 29.1 Å². The predicted molar refractivity (Wildman–Crippen MR) is 92.7 cm³/mol. The highest BCUT2D eigenvalue weighted by atomic mass is 35.5. The van der Waals surface area contributed by atoms with Crippen LogP contribution in [0, 0.1) is 0 Å². The van der Waals surface area contributed by atoms with Gasteiger partial charge in [-0.2, -0.15) is 5.10 Å². The Morgan fingerprint density at radius 3 is 2.79 bits per heavy atom. The maximum absolute atomic E-state index is 12.3. The van der Waals surface area contributed by atoms with Gasteiger partial charge < -0.3 is 10.1 Å². The maximum Gasteiger partial charge on any atom is 0.255 e. The second kappa shape index (κ2) is 7.19. The van der Waals surface area contributed by atoms with Crippen molar-refractivity contribution < 1.29 is 9.53 Å². The second-order valence-electron chi connectivity index (χ2n) is 5.16. The van der Waals surface area contributed by atoms with Gasteiger partial charge in [0.25, 0.3) is 5.91 Å². The Morgan fingerprint density at radius 1 is 1.25 bits per heavy atom. The lowest BCUT2D eigenvalue weighted by Crippen LogP contribution is -2.23. The summed E-state index contributed by atoms with van der Waals surface area (Å²) in [5, 5.41) is 7.64. The van der Waals surface area contributed by atoms with Crippen LogP contribution in [-0.2, 0) is 6.54 Å². The number of hydrogen-bond donors (Lipinski definition) is 1. The topological polar surface area (TPSA) is 56.1 Å². The highest BCUT2D eigenvalue weighted by molar-refractivity contribution is 6.31. The molecule has 1 aromatic heterocycles. The molecule has 0 aliphatic heterocycles. The van der Waals surface area contributed by atoms with Gasteiger partial charge in [-0.3, -0.25) is 4.79 Å². The fourth-order valence-corrected chi connectivity index (χ4v) is 2.48. The van der Waals surface area contributed by atoms with E-state index < -0.39 is 0 Å². The van der Waals surface area contributed by atoms with E-state index in [4.69, 9.17) is 16.3 Å². The van der Waals surface area contributed by atoms with E-state index in [0.29, 0.717) is 22.9 Å². The van der Waals surface area contributed by atoms with Crippen molar-refractivity contribution in [1.29, 1.82) is 0 Å². The van der Waals surface area contributed by atoms with Crippen LogP contribution in [0.4, 0.5) is 0 Å². The van der Waals surface area contributed by atoms with Crippen molar-refractivity contribution in [1.82, 2.24) is 15.1 Å². The van der Waals surface area contributed by atoms with Gasteiger partial charge in [0.1, 0.15) is 5.75 Å². The summed E-state index contributed by atoms with van der Waals surface area (Å²) in [6, 6.07) is 14.7. The molecule has 0 saturated carbocycles. The zero-order valence-corrected chi connectivity index (χ0v) is 13.8. The van der Waals surface area contributed by atoms with Gasteiger partial charge in [0.15, 0.2) is 0 Å². The monoisotopic (exact) mass is 341 g/mol. The van der Waals surface area contributed by atoms with Crippen LogP contribution in [0.1, 0.15) is 15.9 Å². The van der Waals surface area contributed by atoms with E-state index >= 15 is 0 Å². The summed E-state index contributed by atoms with van der Waals surface area (Å²) in [6.07, 6.45) is 3.60. The Labute approximate surface area is 144 Å². The molecule has 0 atom stereocenters. The van der Waals surface area contributed by atoms with Crippen LogP contribution in [0.25, 0.3) is 5.69 Å². The summed E-state index contributed by atoms with van der Waals surface area (Å²) in [7, 11) is 1.52. The molecule has 0 spiro atoms. The molecular formula is C18H16ClN3O2. The molecule has 0 unspecified atom stereocenters. The first-order valence-corrected chi connectivity index (χ1v) is 7.76. The number of para-hydroxylation sites is 1. The Morgan fingerprint density at radius 2 is 2.04 bits per heavy atom. The molecular weight excluding hydrogens is 326 g/mol. The van der Waals surface area contributed by atoms with Crippen LogP contribution >= 0.6 is 11.6 Å². The minimum atomic E-state index is -0.248. The first-order chi connectivity index (χ1) is 11.7. The number of aromatic nitrogens is 2. The number of ether oxygens (including phenoxy) is 1. The van der Waals surface area contributed by atoms with E-state index in [0.717, 1.165) is 11.3 Å². The van der Waals surface area contributed by atoms with E-state index in [2.05, 4.69) is 10.4 Å². The number of halogens is 1. The summed E-state index contributed by atoms with van der Waals surface area (Å²) in [5.74, 6) is 0.235. The molecule has 0 bridgehead atoms. The van der Waals surface area contributed by atoms with Crippen LogP contribution in [0.2, 0.25) is 5.02 Å². The molecule has 5 nitrogen and oxygen atoms in total. The van der Waals surface area contributed by atoms with Crippen LogP contribution in [0.15, 0.2) is 60.9 Å². The Kier molecular flexibility index (Phi) is 4.82. The largest absolute Gasteiger partial charge is 0.496 e. The van der Waals surface area contributed by atoms with Crippen molar-refractivity contribution in [2.75, 3.05) is 7.11 Å². The molecule has 24 heavy (non-hydrogen) atoms. The molecule has 0 aliphatic carbocycles. The van der Waals surface area contributed by atoms with Crippen molar-refractivity contribution >= 4 is 17.5 Å². The summed E-state index contributed by atoms with van der Waals surface area (Å²) >= 11 is 5.96. The lowest BCUT2D eigenvalue weighted by molar-refractivity contribution is 0.0948. The highest BCUT2D eigenvalue weighted by Gasteiger charge is 2.13. The minimum absolute atomic E-state index is 0.248. The van der Waals surface area contributed by atoms with Crippen molar-refractivity contribution in [2.24, 2.45) is 0 Å². The lowest BCUT2D eigenvalue weighted by Gasteiger charge is -2.09. The van der Waals surface area contributed by atoms with Gasteiger partial charge >= 0.3 is 0 Å². The number of carbonyl (C=O) groups excluding carboxylic acids is 1. The van der Waals surface area contributed by atoms with Crippen LogP contribution < -0.4 is 10.1 Å². The minimum Gasteiger partial charge on any atom is -0.496 e. The van der Waals surface area contributed by atoms with Gasteiger partial charge in [-0.15, -0.1) is 0 Å².